The van der Waals surface area contributed by atoms with Crippen molar-refractivity contribution in [3.8, 4) is 11.8 Å². The highest BCUT2D eigenvalue weighted by molar-refractivity contribution is 9.10. The van der Waals surface area contributed by atoms with E-state index in [0.29, 0.717) is 62.4 Å². The molecular formula is C33H28BrN7O3. The number of nitriles is 1. The minimum absolute atomic E-state index is 0.0933. The maximum atomic E-state index is 14.2. The van der Waals surface area contributed by atoms with Crippen molar-refractivity contribution in [3.05, 3.63) is 127 Å². The van der Waals surface area contributed by atoms with Gasteiger partial charge in [0.05, 0.1) is 35.4 Å². The van der Waals surface area contributed by atoms with Crippen molar-refractivity contribution in [2.24, 2.45) is 0 Å². The van der Waals surface area contributed by atoms with Crippen molar-refractivity contribution in [1.29, 1.82) is 5.26 Å². The average molecular weight is 651 g/mol. The van der Waals surface area contributed by atoms with Crippen molar-refractivity contribution in [1.82, 2.24) is 24.4 Å². The number of benzene rings is 3. The van der Waals surface area contributed by atoms with Gasteiger partial charge in [-0.25, -0.2) is 4.52 Å². The highest BCUT2D eigenvalue weighted by Gasteiger charge is 2.29. The summed E-state index contributed by atoms with van der Waals surface area (Å²) in [7, 11) is 1.57. The normalized spacial score (nSPS) is 13.2. The van der Waals surface area contributed by atoms with Crippen LogP contribution in [0.3, 0.4) is 0 Å². The van der Waals surface area contributed by atoms with Gasteiger partial charge in [0.25, 0.3) is 17.4 Å². The third-order valence-electron chi connectivity index (χ3n) is 7.90. The molecule has 0 saturated carbocycles. The first kappa shape index (κ1) is 28.9. The number of amides is 2. The second kappa shape index (κ2) is 11.8. The zero-order valence-electron chi connectivity index (χ0n) is 24.0. The summed E-state index contributed by atoms with van der Waals surface area (Å²) in [5.74, 6) is -0.453. The lowest BCUT2D eigenvalue weighted by molar-refractivity contribution is 0.0729. The molecule has 11 heteroatoms. The molecule has 0 aliphatic carbocycles. The fourth-order valence-electron chi connectivity index (χ4n) is 5.56. The molecule has 2 N–H and O–H groups in total. The molecule has 0 saturated heterocycles. The third kappa shape index (κ3) is 5.14. The Balaban J connectivity index is 1.47. The maximum absolute atomic E-state index is 14.2. The van der Waals surface area contributed by atoms with Gasteiger partial charge in [-0.15, -0.1) is 0 Å². The molecule has 1 aliphatic heterocycles. The Morgan fingerprint density at radius 1 is 1.05 bits per heavy atom. The fraction of sp³-hybridized carbons (Fsp3) is 0.182. The summed E-state index contributed by atoms with van der Waals surface area (Å²) in [6.07, 6.45) is 2.02. The van der Waals surface area contributed by atoms with Crippen molar-refractivity contribution in [2.75, 3.05) is 18.9 Å². The summed E-state index contributed by atoms with van der Waals surface area (Å²) in [4.78, 5) is 41.7. The van der Waals surface area contributed by atoms with E-state index in [4.69, 9.17) is 5.10 Å². The first-order chi connectivity index (χ1) is 21.3. The number of rotatable bonds is 6. The quantitative estimate of drug-likeness (QED) is 0.271. The summed E-state index contributed by atoms with van der Waals surface area (Å²) in [5, 5.41) is 20.3. The Hall–Kier alpha value is -5.21. The van der Waals surface area contributed by atoms with Gasteiger partial charge in [0.1, 0.15) is 6.07 Å². The van der Waals surface area contributed by atoms with Crippen LogP contribution in [0.15, 0.2) is 88.3 Å². The Morgan fingerprint density at radius 3 is 2.48 bits per heavy atom. The highest BCUT2D eigenvalue weighted by Crippen LogP contribution is 2.29. The van der Waals surface area contributed by atoms with E-state index < -0.39 is 0 Å². The van der Waals surface area contributed by atoms with E-state index in [1.54, 1.807) is 69.7 Å². The van der Waals surface area contributed by atoms with Crippen LogP contribution in [-0.2, 0) is 13.0 Å². The van der Waals surface area contributed by atoms with Gasteiger partial charge >= 0.3 is 0 Å². The molecule has 1 atom stereocenters. The molecular weight excluding hydrogens is 622 g/mol. The molecule has 1 aliphatic rings. The monoisotopic (exact) mass is 649 g/mol. The number of carbonyl (C=O) groups is 2. The molecule has 1 unspecified atom stereocenters. The zero-order chi connectivity index (χ0) is 31.0. The number of anilines is 1. The van der Waals surface area contributed by atoms with Crippen LogP contribution in [-0.4, -0.2) is 44.5 Å². The van der Waals surface area contributed by atoms with Gasteiger partial charge in [0, 0.05) is 40.8 Å². The average Bonchev–Trinajstić information content (AvgIpc) is 3.47. The number of nitrogens with zero attached hydrogens (tertiary/aromatic N) is 5. The van der Waals surface area contributed by atoms with E-state index >= 15 is 0 Å². The fourth-order valence-corrected chi connectivity index (χ4v) is 5.90. The second-order valence-corrected chi connectivity index (χ2v) is 11.4. The minimum Gasteiger partial charge on any atom is -0.374 e. The molecule has 0 spiro atoms. The van der Waals surface area contributed by atoms with Gasteiger partial charge in [-0.3, -0.25) is 19.0 Å². The summed E-state index contributed by atoms with van der Waals surface area (Å²) >= 11 is 3.35. The summed E-state index contributed by atoms with van der Waals surface area (Å²) < 4.78 is 3.96. The Bertz CT molecular complexity index is 2010. The number of hydrogen-bond donors (Lipinski definition) is 2. The molecule has 2 amide bonds. The summed E-state index contributed by atoms with van der Waals surface area (Å²) in [5.41, 5.74) is 5.05. The number of fused-ring (bicyclic) bond motifs is 3. The number of hydrogen-bond acceptors (Lipinski definition) is 6. The van der Waals surface area contributed by atoms with Gasteiger partial charge < -0.3 is 15.5 Å². The number of halogens is 1. The molecule has 0 fully saturated rings. The van der Waals surface area contributed by atoms with Crippen LogP contribution in [0.5, 0.6) is 0 Å². The molecule has 5 aromatic rings. The van der Waals surface area contributed by atoms with E-state index in [9.17, 15) is 19.6 Å². The van der Waals surface area contributed by atoms with Crippen LogP contribution >= 0.6 is 15.9 Å². The van der Waals surface area contributed by atoms with Crippen LogP contribution in [0.4, 0.5) is 5.69 Å². The van der Waals surface area contributed by atoms with Gasteiger partial charge in [-0.05, 0) is 77.3 Å². The first-order valence-electron chi connectivity index (χ1n) is 14.1. The van der Waals surface area contributed by atoms with Crippen molar-refractivity contribution in [3.63, 3.8) is 0 Å². The van der Waals surface area contributed by atoms with Crippen molar-refractivity contribution in [2.45, 2.75) is 25.9 Å². The molecule has 10 nitrogen and oxygen atoms in total. The number of nitrogens with one attached hydrogen (secondary N) is 2. The van der Waals surface area contributed by atoms with E-state index in [2.05, 4.69) is 32.6 Å². The standard InChI is InChI=1S/C33H28BrN7O3/c1-20(21-6-4-3-5-7-21)38-28-18-37-41-29-19-39(32(43)23-10-13-27(34)24(16-23)17-35)15-14-26(29)33(44)40(31(28)41)25-11-8-22(9-12-25)30(42)36-2/h3-13,16,18,20,38H,14-15,19H2,1-2H3,(H,36,42). The molecule has 220 valence electrons. The lowest BCUT2D eigenvalue weighted by Crippen LogP contribution is -2.41. The van der Waals surface area contributed by atoms with E-state index in [1.807, 2.05) is 37.3 Å². The highest BCUT2D eigenvalue weighted by atomic mass is 79.9. The Kier molecular flexibility index (Phi) is 7.76. The van der Waals surface area contributed by atoms with Gasteiger partial charge in [0.15, 0.2) is 5.65 Å². The molecule has 44 heavy (non-hydrogen) atoms. The summed E-state index contributed by atoms with van der Waals surface area (Å²) in [6.45, 7) is 2.53. The van der Waals surface area contributed by atoms with Crippen molar-refractivity contribution >= 4 is 39.1 Å². The van der Waals surface area contributed by atoms with Crippen LogP contribution in [0.1, 0.15) is 56.1 Å². The van der Waals surface area contributed by atoms with Crippen LogP contribution < -0.4 is 16.2 Å². The van der Waals surface area contributed by atoms with Gasteiger partial charge in [0.2, 0.25) is 0 Å². The molecule has 0 radical (unpaired) electrons. The van der Waals surface area contributed by atoms with E-state index in [1.165, 1.54) is 0 Å². The largest absolute Gasteiger partial charge is 0.374 e. The topological polar surface area (TPSA) is 125 Å². The Morgan fingerprint density at radius 2 is 1.77 bits per heavy atom. The van der Waals surface area contributed by atoms with Crippen LogP contribution in [0.25, 0.3) is 11.3 Å². The number of aromatic nitrogens is 3. The van der Waals surface area contributed by atoms with Crippen LogP contribution in [0, 0.1) is 11.3 Å². The first-order valence-corrected chi connectivity index (χ1v) is 14.9. The lowest BCUT2D eigenvalue weighted by Gasteiger charge is -2.30. The predicted octanol–water partition coefficient (Wildman–Crippen LogP) is 4.85. The van der Waals surface area contributed by atoms with E-state index in [0.717, 1.165) is 5.56 Å². The minimum atomic E-state index is -0.232. The predicted molar refractivity (Wildman–Crippen MR) is 170 cm³/mol. The van der Waals surface area contributed by atoms with Gasteiger partial charge in [-0.2, -0.15) is 10.4 Å². The maximum Gasteiger partial charge on any atom is 0.261 e. The molecule has 3 aromatic carbocycles. The Labute approximate surface area is 261 Å². The molecule has 0 bridgehead atoms. The molecule has 2 aromatic heterocycles. The smallest absolute Gasteiger partial charge is 0.261 e. The van der Waals surface area contributed by atoms with Crippen molar-refractivity contribution < 1.29 is 9.59 Å². The lowest BCUT2D eigenvalue weighted by atomic mass is 10.0. The third-order valence-corrected chi connectivity index (χ3v) is 8.59. The van der Waals surface area contributed by atoms with Gasteiger partial charge in [-0.1, -0.05) is 30.3 Å². The SMILES string of the molecule is CNC(=O)c1ccc(-n2c(=O)c3c(n4ncc(NC(C)c5ccccc5)c24)CN(C(=O)c2ccc(Br)c(C#N)c2)CC3)cc1. The number of carbonyl (C=O) groups excluding carboxylic acids is 2. The van der Waals surface area contributed by atoms with Crippen LogP contribution in [0.2, 0.25) is 0 Å². The molecule has 3 heterocycles. The molecule has 6 rings (SSSR count). The second-order valence-electron chi connectivity index (χ2n) is 10.5. The zero-order valence-corrected chi connectivity index (χ0v) is 25.6. The van der Waals surface area contributed by atoms with E-state index in [-0.39, 0.29) is 30.0 Å². The summed E-state index contributed by atoms with van der Waals surface area (Å²) in [6, 6.07) is 23.8.